The second-order valence-electron chi connectivity index (χ2n) is 6.24. The fourth-order valence-corrected chi connectivity index (χ4v) is 2.65. The molecule has 0 fully saturated rings. The van der Waals surface area contributed by atoms with Crippen molar-refractivity contribution < 1.29 is 0 Å². The van der Waals surface area contributed by atoms with Gasteiger partial charge in [0, 0.05) is 18.1 Å². The Morgan fingerprint density at radius 1 is 1.06 bits per heavy atom. The summed E-state index contributed by atoms with van der Waals surface area (Å²) >= 11 is 0. The highest BCUT2D eigenvalue weighted by Crippen LogP contribution is 2.35. The molecule has 0 unspecified atom stereocenters. The second-order valence-corrected chi connectivity index (χ2v) is 6.24. The Labute approximate surface area is 111 Å². The van der Waals surface area contributed by atoms with Crippen LogP contribution < -0.4 is 0 Å². The third-order valence-corrected chi connectivity index (χ3v) is 3.36. The molecule has 0 aromatic heterocycles. The Morgan fingerprint density at radius 3 is 2.22 bits per heavy atom. The maximum atomic E-state index is 4.91. The minimum absolute atomic E-state index is 0.00650. The van der Waals surface area contributed by atoms with Gasteiger partial charge in [-0.15, -0.1) is 0 Å². The van der Waals surface area contributed by atoms with E-state index in [0.29, 0.717) is 5.92 Å². The van der Waals surface area contributed by atoms with E-state index >= 15 is 0 Å². The number of nitrogens with zero attached hydrogens (tertiary/aromatic N) is 1. The zero-order chi connectivity index (χ0) is 13.3. The maximum absolute atomic E-state index is 4.91. The van der Waals surface area contributed by atoms with Crippen molar-refractivity contribution in [2.75, 3.05) is 0 Å². The van der Waals surface area contributed by atoms with Gasteiger partial charge in [-0.2, -0.15) is 0 Å². The molecule has 0 N–H and O–H groups in total. The molecule has 2 rings (SSSR count). The molecule has 0 spiro atoms. The number of hydrogen-bond donors (Lipinski definition) is 0. The lowest BCUT2D eigenvalue weighted by Crippen LogP contribution is -2.20. The van der Waals surface area contributed by atoms with Gasteiger partial charge in [0.2, 0.25) is 0 Å². The van der Waals surface area contributed by atoms with E-state index in [1.165, 1.54) is 22.4 Å². The molecule has 0 aliphatic heterocycles. The molecule has 2 aliphatic carbocycles. The van der Waals surface area contributed by atoms with Crippen LogP contribution in [0.5, 0.6) is 0 Å². The molecular weight excluding hydrogens is 218 g/mol. The van der Waals surface area contributed by atoms with Gasteiger partial charge in [0.05, 0.1) is 5.54 Å². The van der Waals surface area contributed by atoms with Crippen LogP contribution in [0.15, 0.2) is 52.1 Å². The number of aliphatic imine (C=N–C) groups is 1. The van der Waals surface area contributed by atoms with Crippen LogP contribution >= 0.6 is 0 Å². The summed E-state index contributed by atoms with van der Waals surface area (Å²) in [4.78, 5) is 4.91. The Morgan fingerprint density at radius 2 is 1.67 bits per heavy atom. The van der Waals surface area contributed by atoms with Crippen molar-refractivity contribution >= 4 is 5.71 Å². The smallest absolute Gasteiger partial charge is 0.0527 e. The van der Waals surface area contributed by atoms with E-state index in [4.69, 9.17) is 4.99 Å². The van der Waals surface area contributed by atoms with Crippen molar-refractivity contribution in [3.05, 3.63) is 47.1 Å². The largest absolute Gasteiger partial charge is 0.283 e. The molecule has 0 bridgehead atoms. The van der Waals surface area contributed by atoms with Crippen LogP contribution in [-0.2, 0) is 0 Å². The lowest BCUT2D eigenvalue weighted by molar-refractivity contribution is 0.581. The summed E-state index contributed by atoms with van der Waals surface area (Å²) in [6.07, 6.45) is 12.0. The second kappa shape index (κ2) is 4.72. The van der Waals surface area contributed by atoms with Crippen LogP contribution in [0.25, 0.3) is 0 Å². The van der Waals surface area contributed by atoms with Crippen molar-refractivity contribution in [3.63, 3.8) is 0 Å². The molecule has 0 heterocycles. The molecule has 0 amide bonds. The van der Waals surface area contributed by atoms with Crippen LogP contribution in [0.2, 0.25) is 0 Å². The highest BCUT2D eigenvalue weighted by molar-refractivity contribution is 6.04. The van der Waals surface area contributed by atoms with Crippen LogP contribution in [0.4, 0.5) is 0 Å². The molecule has 0 saturated carbocycles. The normalized spacial score (nSPS) is 23.2. The summed E-state index contributed by atoms with van der Waals surface area (Å²) in [5.41, 5.74) is 5.48. The van der Waals surface area contributed by atoms with E-state index in [-0.39, 0.29) is 5.54 Å². The molecule has 96 valence electrons. The van der Waals surface area contributed by atoms with Crippen molar-refractivity contribution in [2.24, 2.45) is 10.9 Å². The zero-order valence-corrected chi connectivity index (χ0v) is 12.1. The fourth-order valence-electron chi connectivity index (χ4n) is 2.65. The predicted molar refractivity (Wildman–Crippen MR) is 80.0 cm³/mol. The van der Waals surface area contributed by atoms with E-state index in [2.05, 4.69) is 65.0 Å². The molecule has 0 radical (unpaired) electrons. The minimum atomic E-state index is -0.00650. The van der Waals surface area contributed by atoms with Crippen LogP contribution in [-0.4, -0.2) is 11.3 Å². The number of allylic oxidation sites excluding steroid dienone is 8. The van der Waals surface area contributed by atoms with E-state index in [0.717, 1.165) is 6.42 Å². The third-order valence-electron chi connectivity index (χ3n) is 3.36. The molecule has 18 heavy (non-hydrogen) atoms. The first-order chi connectivity index (χ1) is 8.38. The van der Waals surface area contributed by atoms with E-state index in [9.17, 15) is 0 Å². The Kier molecular flexibility index (Phi) is 3.43. The van der Waals surface area contributed by atoms with Gasteiger partial charge in [-0.3, -0.25) is 4.99 Å². The summed E-state index contributed by atoms with van der Waals surface area (Å²) in [7, 11) is 0. The lowest BCUT2D eigenvalue weighted by Gasteiger charge is -2.25. The molecule has 2 aliphatic rings. The van der Waals surface area contributed by atoms with Crippen LogP contribution in [0, 0.1) is 5.92 Å². The predicted octanol–water partition coefficient (Wildman–Crippen LogP) is 4.63. The molecule has 0 atom stereocenters. The first-order valence-electron chi connectivity index (χ1n) is 6.69. The molecule has 0 saturated heterocycles. The summed E-state index contributed by atoms with van der Waals surface area (Å²) in [6.45, 7) is 10.9. The standard InChI is InChI=1S/C17H23N/c1-12-10-11-13(2)16(12)14-8-6-7-9-15(14)18-17(3,4)5/h6-8,10-11,16H,9H2,1-5H3. The summed E-state index contributed by atoms with van der Waals surface area (Å²) in [5, 5.41) is 0. The van der Waals surface area contributed by atoms with Gasteiger partial charge < -0.3 is 0 Å². The Hall–Kier alpha value is -1.37. The van der Waals surface area contributed by atoms with Crippen molar-refractivity contribution in [1.29, 1.82) is 0 Å². The molecule has 0 aromatic rings. The molecule has 0 aromatic carbocycles. The Bertz CT molecular complexity index is 472. The summed E-state index contributed by atoms with van der Waals surface area (Å²) in [6, 6.07) is 0. The summed E-state index contributed by atoms with van der Waals surface area (Å²) in [5.74, 6) is 0.441. The topological polar surface area (TPSA) is 12.4 Å². The SMILES string of the molecule is CC1=CC=C(C)C1C1=CC=CCC1=NC(C)(C)C. The monoisotopic (exact) mass is 241 g/mol. The van der Waals surface area contributed by atoms with Crippen molar-refractivity contribution in [3.8, 4) is 0 Å². The van der Waals surface area contributed by atoms with Gasteiger partial charge in [0.15, 0.2) is 0 Å². The van der Waals surface area contributed by atoms with Gasteiger partial charge in [-0.1, -0.05) is 41.5 Å². The average Bonchev–Trinajstić information content (AvgIpc) is 2.58. The van der Waals surface area contributed by atoms with E-state index in [1.807, 2.05) is 0 Å². The lowest BCUT2D eigenvalue weighted by atomic mass is 9.83. The first-order valence-corrected chi connectivity index (χ1v) is 6.69. The van der Waals surface area contributed by atoms with Gasteiger partial charge >= 0.3 is 0 Å². The van der Waals surface area contributed by atoms with Crippen LogP contribution in [0.3, 0.4) is 0 Å². The van der Waals surface area contributed by atoms with Gasteiger partial charge in [-0.05, 0) is 40.2 Å². The Balaban J connectivity index is 2.38. The van der Waals surface area contributed by atoms with Crippen molar-refractivity contribution in [1.82, 2.24) is 0 Å². The highest BCUT2D eigenvalue weighted by Gasteiger charge is 2.26. The average molecular weight is 241 g/mol. The first kappa shape index (κ1) is 13.1. The molecular formula is C17H23N. The summed E-state index contributed by atoms with van der Waals surface area (Å²) < 4.78 is 0. The van der Waals surface area contributed by atoms with Gasteiger partial charge in [0.25, 0.3) is 0 Å². The number of rotatable bonds is 1. The van der Waals surface area contributed by atoms with E-state index < -0.39 is 0 Å². The quantitative estimate of drug-likeness (QED) is 0.634. The maximum Gasteiger partial charge on any atom is 0.0527 e. The molecule has 1 nitrogen and oxygen atoms in total. The number of hydrogen-bond acceptors (Lipinski definition) is 1. The van der Waals surface area contributed by atoms with Gasteiger partial charge in [0.1, 0.15) is 0 Å². The molecule has 1 heteroatoms. The minimum Gasteiger partial charge on any atom is -0.283 e. The zero-order valence-electron chi connectivity index (χ0n) is 12.1. The van der Waals surface area contributed by atoms with E-state index in [1.54, 1.807) is 0 Å². The van der Waals surface area contributed by atoms with Crippen LogP contribution in [0.1, 0.15) is 41.0 Å². The third kappa shape index (κ3) is 2.72. The van der Waals surface area contributed by atoms with Crippen molar-refractivity contribution in [2.45, 2.75) is 46.6 Å². The highest BCUT2D eigenvalue weighted by atomic mass is 14.8. The van der Waals surface area contributed by atoms with Gasteiger partial charge in [-0.25, -0.2) is 0 Å². The fraction of sp³-hybridized carbons (Fsp3) is 0.471.